The highest BCUT2D eigenvalue weighted by Crippen LogP contribution is 2.37. The van der Waals surface area contributed by atoms with Crippen molar-refractivity contribution in [3.05, 3.63) is 20.3 Å². The van der Waals surface area contributed by atoms with Crippen molar-refractivity contribution in [3.63, 3.8) is 0 Å². The van der Waals surface area contributed by atoms with E-state index >= 15 is 0 Å². The highest BCUT2D eigenvalue weighted by Gasteiger charge is 2.20. The van der Waals surface area contributed by atoms with Crippen LogP contribution in [0.15, 0.2) is 9.85 Å². The van der Waals surface area contributed by atoms with E-state index in [0.717, 1.165) is 6.42 Å². The number of rotatable bonds is 0. The van der Waals surface area contributed by atoms with Gasteiger partial charge in [-0.15, -0.1) is 23.7 Å². The molecule has 0 radical (unpaired) electrons. The van der Waals surface area contributed by atoms with Gasteiger partial charge >= 0.3 is 0 Å². The van der Waals surface area contributed by atoms with Crippen LogP contribution in [0.4, 0.5) is 0 Å². The van der Waals surface area contributed by atoms with Crippen molar-refractivity contribution in [2.45, 2.75) is 18.9 Å². The molecule has 0 spiro atoms. The van der Waals surface area contributed by atoms with Crippen molar-refractivity contribution >= 4 is 39.7 Å². The highest BCUT2D eigenvalue weighted by molar-refractivity contribution is 9.11. The molecule has 0 amide bonds. The minimum atomic E-state index is 0. The fraction of sp³-hybridized carbons (Fsp3) is 0.429. The van der Waals surface area contributed by atoms with Crippen molar-refractivity contribution in [1.29, 1.82) is 0 Å². The Morgan fingerprint density at radius 1 is 1.64 bits per heavy atom. The van der Waals surface area contributed by atoms with Crippen LogP contribution in [-0.2, 0) is 6.42 Å². The van der Waals surface area contributed by atoms with E-state index in [1.54, 1.807) is 0 Å². The van der Waals surface area contributed by atoms with Crippen molar-refractivity contribution < 1.29 is 0 Å². The molecule has 4 heteroatoms. The van der Waals surface area contributed by atoms with Gasteiger partial charge in [0.15, 0.2) is 0 Å². The molecular formula is C7H9BrClNS. The second kappa shape index (κ2) is 3.44. The first-order chi connectivity index (χ1) is 4.77. The maximum atomic E-state index is 5.85. The minimum Gasteiger partial charge on any atom is -0.324 e. The van der Waals surface area contributed by atoms with Crippen molar-refractivity contribution in [2.75, 3.05) is 0 Å². The lowest BCUT2D eigenvalue weighted by molar-refractivity contribution is 0.713. The standard InChI is InChI=1S/C7H8BrNS.ClH/c8-7-3-4-5(9)1-2-6(4)10-7;/h3,5H,1-2,9H2;1H. The van der Waals surface area contributed by atoms with Gasteiger partial charge < -0.3 is 5.73 Å². The summed E-state index contributed by atoms with van der Waals surface area (Å²) >= 11 is 5.27. The lowest BCUT2D eigenvalue weighted by Gasteiger charge is -1.97. The summed E-state index contributed by atoms with van der Waals surface area (Å²) in [6.07, 6.45) is 2.31. The van der Waals surface area contributed by atoms with Crippen molar-refractivity contribution in [3.8, 4) is 0 Å². The van der Waals surface area contributed by atoms with Gasteiger partial charge in [0.05, 0.1) is 3.79 Å². The quantitative estimate of drug-likeness (QED) is 0.757. The van der Waals surface area contributed by atoms with Gasteiger partial charge in [0, 0.05) is 10.9 Å². The topological polar surface area (TPSA) is 26.0 Å². The Morgan fingerprint density at radius 3 is 3.00 bits per heavy atom. The molecule has 0 saturated heterocycles. The van der Waals surface area contributed by atoms with Crippen LogP contribution >= 0.6 is 39.7 Å². The number of aryl methyl sites for hydroxylation is 1. The maximum absolute atomic E-state index is 5.85. The second-order valence-corrected chi connectivity index (χ2v) is 5.09. The van der Waals surface area contributed by atoms with Gasteiger partial charge in [-0.3, -0.25) is 0 Å². The summed E-state index contributed by atoms with van der Waals surface area (Å²) in [6, 6.07) is 2.45. The average molecular weight is 255 g/mol. The molecule has 0 fully saturated rings. The molecule has 0 saturated carbocycles. The molecule has 1 aliphatic carbocycles. The average Bonchev–Trinajstić information content (AvgIpc) is 2.35. The third-order valence-electron chi connectivity index (χ3n) is 1.89. The van der Waals surface area contributed by atoms with Crippen LogP contribution in [-0.4, -0.2) is 0 Å². The second-order valence-electron chi connectivity index (χ2n) is 2.57. The van der Waals surface area contributed by atoms with E-state index in [4.69, 9.17) is 5.73 Å². The van der Waals surface area contributed by atoms with Crippen LogP contribution in [0.2, 0.25) is 0 Å². The zero-order valence-electron chi connectivity index (χ0n) is 5.84. The summed E-state index contributed by atoms with van der Waals surface area (Å²) in [4.78, 5) is 1.47. The van der Waals surface area contributed by atoms with E-state index < -0.39 is 0 Å². The fourth-order valence-electron chi connectivity index (χ4n) is 1.36. The van der Waals surface area contributed by atoms with Gasteiger partial charge in [-0.05, 0) is 40.4 Å². The molecule has 1 aromatic heterocycles. The van der Waals surface area contributed by atoms with Crippen LogP contribution in [0.3, 0.4) is 0 Å². The zero-order chi connectivity index (χ0) is 7.14. The largest absolute Gasteiger partial charge is 0.324 e. The number of thiophene rings is 1. The summed E-state index contributed by atoms with van der Waals surface area (Å²) in [5.74, 6) is 0. The molecule has 0 aromatic carbocycles. The number of halogens is 2. The Morgan fingerprint density at radius 2 is 2.36 bits per heavy atom. The third kappa shape index (κ3) is 1.61. The molecular weight excluding hydrogens is 246 g/mol. The number of nitrogens with two attached hydrogens (primary N) is 1. The SMILES string of the molecule is Cl.NC1CCc2sc(Br)cc21. The van der Waals surface area contributed by atoms with E-state index in [1.165, 1.54) is 20.6 Å². The summed E-state index contributed by atoms with van der Waals surface area (Å²) in [6.45, 7) is 0. The Labute approximate surface area is 84.5 Å². The Hall–Kier alpha value is 0.430. The number of hydrogen-bond acceptors (Lipinski definition) is 2. The molecule has 11 heavy (non-hydrogen) atoms. The molecule has 0 aliphatic heterocycles. The predicted molar refractivity (Wildman–Crippen MR) is 54.5 cm³/mol. The van der Waals surface area contributed by atoms with E-state index in [1.807, 2.05) is 11.3 Å². The molecule has 1 atom stereocenters. The van der Waals surface area contributed by atoms with E-state index in [0.29, 0.717) is 6.04 Å². The summed E-state index contributed by atoms with van der Waals surface area (Å²) in [7, 11) is 0. The van der Waals surface area contributed by atoms with Crippen molar-refractivity contribution in [2.24, 2.45) is 5.73 Å². The molecule has 2 N–H and O–H groups in total. The van der Waals surface area contributed by atoms with Gasteiger partial charge in [0.25, 0.3) is 0 Å². The maximum Gasteiger partial charge on any atom is 0.0704 e. The monoisotopic (exact) mass is 253 g/mol. The Kier molecular flexibility index (Phi) is 2.97. The highest BCUT2D eigenvalue weighted by atomic mass is 79.9. The lowest BCUT2D eigenvalue weighted by atomic mass is 10.2. The van der Waals surface area contributed by atoms with Gasteiger partial charge in [-0.2, -0.15) is 0 Å². The van der Waals surface area contributed by atoms with Crippen molar-refractivity contribution in [1.82, 2.24) is 0 Å². The number of hydrogen-bond donors (Lipinski definition) is 1. The Balaban J connectivity index is 0.000000605. The van der Waals surface area contributed by atoms with Crippen LogP contribution in [0, 0.1) is 0 Å². The van der Waals surface area contributed by atoms with Gasteiger partial charge in [0.2, 0.25) is 0 Å². The van der Waals surface area contributed by atoms with E-state index in [2.05, 4.69) is 22.0 Å². The van der Waals surface area contributed by atoms with Gasteiger partial charge in [-0.1, -0.05) is 0 Å². The summed E-state index contributed by atoms with van der Waals surface area (Å²) < 4.78 is 1.22. The minimum absolute atomic E-state index is 0. The van der Waals surface area contributed by atoms with E-state index in [-0.39, 0.29) is 12.4 Å². The first kappa shape index (κ1) is 9.52. The zero-order valence-corrected chi connectivity index (χ0v) is 9.06. The van der Waals surface area contributed by atoms with Crippen LogP contribution in [0.5, 0.6) is 0 Å². The third-order valence-corrected chi connectivity index (χ3v) is 3.61. The summed E-state index contributed by atoms with van der Waals surface area (Å²) in [5, 5.41) is 0. The van der Waals surface area contributed by atoms with Gasteiger partial charge in [-0.25, -0.2) is 0 Å². The fourth-order valence-corrected chi connectivity index (χ4v) is 3.16. The first-order valence-electron chi connectivity index (χ1n) is 3.31. The Bertz CT molecular complexity index is 261. The molecule has 2 rings (SSSR count). The molecule has 62 valence electrons. The molecule has 1 heterocycles. The number of fused-ring (bicyclic) bond motifs is 1. The van der Waals surface area contributed by atoms with Crippen LogP contribution in [0.25, 0.3) is 0 Å². The smallest absolute Gasteiger partial charge is 0.0704 e. The van der Waals surface area contributed by atoms with Gasteiger partial charge in [0.1, 0.15) is 0 Å². The lowest BCUT2D eigenvalue weighted by Crippen LogP contribution is -2.03. The van der Waals surface area contributed by atoms with Crippen LogP contribution in [0.1, 0.15) is 22.9 Å². The predicted octanol–water partition coefficient (Wildman–Crippen LogP) is 2.88. The normalized spacial score (nSPS) is 21.1. The molecule has 1 unspecified atom stereocenters. The molecule has 0 bridgehead atoms. The summed E-state index contributed by atoms with van der Waals surface area (Å²) in [5.41, 5.74) is 7.20. The first-order valence-corrected chi connectivity index (χ1v) is 4.92. The molecule has 1 nitrogen and oxygen atoms in total. The van der Waals surface area contributed by atoms with E-state index in [9.17, 15) is 0 Å². The molecule has 1 aromatic rings. The molecule has 1 aliphatic rings. The van der Waals surface area contributed by atoms with Crippen LogP contribution < -0.4 is 5.73 Å².